The highest BCUT2D eigenvalue weighted by atomic mass is 32.1. The van der Waals surface area contributed by atoms with Crippen molar-refractivity contribution in [2.24, 2.45) is 27.9 Å². The minimum absolute atomic E-state index is 0.0880. The average Bonchev–Trinajstić information content (AvgIpc) is 3.80. The molecule has 0 saturated carbocycles. The Hall–Kier alpha value is -5.48. The van der Waals surface area contributed by atoms with Crippen LogP contribution in [0, 0.1) is 0 Å². The van der Waals surface area contributed by atoms with Crippen molar-refractivity contribution in [1.82, 2.24) is 26.1 Å². The minimum atomic E-state index is -1.19. The Balaban J connectivity index is 1.43. The van der Waals surface area contributed by atoms with Crippen LogP contribution in [0.25, 0.3) is 10.9 Å². The highest BCUT2D eigenvalue weighted by Gasteiger charge is 2.29. The van der Waals surface area contributed by atoms with E-state index in [9.17, 15) is 19.2 Å². The number of benzene rings is 2. The normalized spacial score (nSPS) is 12.8. The number of ether oxygens (including phenoxy) is 1. The van der Waals surface area contributed by atoms with Gasteiger partial charge in [-0.2, -0.15) is 5.10 Å². The number of H-pyrrole nitrogens is 1. The molecular formula is C33H42N10O5S. The molecule has 4 rings (SSSR count). The SMILES string of the molecule is NCCCC[C@H](NC(=O)[C@H](CCCN=C(N)N)NC(=O)c1cccs1)C(=O)N[C@H](C(N)=O)c1ccc(OCc2ccc3[nH]ncc3c2)cc1. The maximum Gasteiger partial charge on any atom is 0.261 e. The van der Waals surface area contributed by atoms with Gasteiger partial charge >= 0.3 is 0 Å². The lowest BCUT2D eigenvalue weighted by Crippen LogP contribution is -2.54. The molecule has 0 radical (unpaired) electrons. The molecule has 0 aliphatic rings. The van der Waals surface area contributed by atoms with Gasteiger partial charge in [0.15, 0.2) is 5.96 Å². The van der Waals surface area contributed by atoms with Crippen LogP contribution in [0.5, 0.6) is 5.75 Å². The Morgan fingerprint density at radius 1 is 0.898 bits per heavy atom. The van der Waals surface area contributed by atoms with E-state index in [1.807, 2.05) is 18.2 Å². The molecule has 2 heterocycles. The van der Waals surface area contributed by atoms with Crippen LogP contribution in [0.4, 0.5) is 0 Å². The van der Waals surface area contributed by atoms with Crippen LogP contribution in [-0.2, 0) is 21.0 Å². The number of unbranched alkanes of at least 4 members (excludes halogenated alkanes) is 1. The molecule has 0 saturated heterocycles. The van der Waals surface area contributed by atoms with Crippen molar-refractivity contribution in [2.45, 2.75) is 56.8 Å². The third-order valence-electron chi connectivity index (χ3n) is 7.59. The lowest BCUT2D eigenvalue weighted by molar-refractivity contribution is -0.132. The number of nitrogens with one attached hydrogen (secondary N) is 4. The lowest BCUT2D eigenvalue weighted by Gasteiger charge is -2.25. The molecule has 2 aromatic carbocycles. The van der Waals surface area contributed by atoms with Crippen LogP contribution < -0.4 is 43.6 Å². The van der Waals surface area contributed by atoms with Gasteiger partial charge in [0.1, 0.15) is 30.5 Å². The van der Waals surface area contributed by atoms with Gasteiger partial charge in [0.25, 0.3) is 5.91 Å². The number of primary amides is 1. The molecule has 12 N–H and O–H groups in total. The standard InChI is InChI=1S/C33H42N10O5S/c34-14-2-1-5-25(40-30(45)26(6-3-15-38-33(36)37)41-32(47)27-7-4-16-49-27)31(46)42-28(29(35)44)21-9-11-23(12-10-21)48-19-20-8-13-24-22(17-20)18-39-43-24/h4,7-13,16-18,25-26,28H,1-3,5-6,14-15,19,34H2,(H2,35,44)(H,39,43)(H,40,45)(H,41,47)(H,42,46)(H4,36,37,38)/t25-,26-,28-/m0/s1. The van der Waals surface area contributed by atoms with Crippen molar-refractivity contribution in [1.29, 1.82) is 0 Å². The molecule has 0 fully saturated rings. The van der Waals surface area contributed by atoms with Gasteiger partial charge in [0.2, 0.25) is 17.7 Å². The summed E-state index contributed by atoms with van der Waals surface area (Å²) < 4.78 is 5.91. The number of amides is 4. The molecule has 4 aromatic rings. The van der Waals surface area contributed by atoms with Gasteiger partial charge < -0.3 is 43.6 Å². The van der Waals surface area contributed by atoms with Gasteiger partial charge in [-0.1, -0.05) is 24.3 Å². The second-order valence-corrected chi connectivity index (χ2v) is 12.2. The van der Waals surface area contributed by atoms with Gasteiger partial charge in [0, 0.05) is 11.9 Å². The number of nitrogens with zero attached hydrogens (tertiary/aromatic N) is 2. The third kappa shape index (κ3) is 11.0. The van der Waals surface area contributed by atoms with Gasteiger partial charge in [-0.3, -0.25) is 29.3 Å². The van der Waals surface area contributed by atoms with Crippen LogP contribution in [0.15, 0.2) is 71.2 Å². The summed E-state index contributed by atoms with van der Waals surface area (Å²) in [6.07, 6.45) is 3.68. The number of guanidine groups is 1. The zero-order valence-electron chi connectivity index (χ0n) is 26.9. The number of hydrogen-bond acceptors (Lipinski definition) is 9. The van der Waals surface area contributed by atoms with E-state index in [4.69, 9.17) is 27.7 Å². The molecular weight excluding hydrogens is 648 g/mol. The Kier molecular flexibility index (Phi) is 13.5. The molecule has 260 valence electrons. The number of aromatic amines is 1. The van der Waals surface area contributed by atoms with Gasteiger partial charge in [0.05, 0.1) is 16.6 Å². The van der Waals surface area contributed by atoms with E-state index in [1.165, 1.54) is 11.3 Å². The van der Waals surface area contributed by atoms with E-state index < -0.39 is 41.8 Å². The summed E-state index contributed by atoms with van der Waals surface area (Å²) in [7, 11) is 0. The molecule has 49 heavy (non-hydrogen) atoms. The van der Waals surface area contributed by atoms with Crippen molar-refractivity contribution in [2.75, 3.05) is 13.1 Å². The molecule has 0 aliphatic carbocycles. The fourth-order valence-corrected chi connectivity index (χ4v) is 5.64. The molecule has 0 unspecified atom stereocenters. The summed E-state index contributed by atoms with van der Waals surface area (Å²) >= 11 is 1.23. The average molecular weight is 691 g/mol. The van der Waals surface area contributed by atoms with Crippen LogP contribution in [0.3, 0.4) is 0 Å². The first-order chi connectivity index (χ1) is 23.6. The minimum Gasteiger partial charge on any atom is -0.489 e. The Bertz CT molecular complexity index is 1720. The largest absolute Gasteiger partial charge is 0.489 e. The fraction of sp³-hybridized carbons (Fsp3) is 0.333. The topological polar surface area (TPSA) is 259 Å². The van der Waals surface area contributed by atoms with E-state index >= 15 is 0 Å². The fourth-order valence-electron chi connectivity index (χ4n) is 5.01. The number of carbonyl (C=O) groups is 4. The molecule has 16 heteroatoms. The van der Waals surface area contributed by atoms with Crippen molar-refractivity contribution in [3.63, 3.8) is 0 Å². The lowest BCUT2D eigenvalue weighted by atomic mass is 10.0. The number of fused-ring (bicyclic) bond motifs is 1. The number of aromatic nitrogens is 2. The first-order valence-corrected chi connectivity index (χ1v) is 16.7. The Morgan fingerprint density at radius 3 is 2.33 bits per heavy atom. The summed E-state index contributed by atoms with van der Waals surface area (Å²) in [5.74, 6) is -1.95. The third-order valence-corrected chi connectivity index (χ3v) is 8.46. The van der Waals surface area contributed by atoms with Crippen LogP contribution in [0.1, 0.15) is 58.9 Å². The first kappa shape index (κ1) is 36.4. The van der Waals surface area contributed by atoms with Gasteiger partial charge in [-0.05, 0) is 85.5 Å². The van der Waals surface area contributed by atoms with Crippen molar-refractivity contribution >= 4 is 51.8 Å². The monoisotopic (exact) mass is 690 g/mol. The molecule has 4 amide bonds. The van der Waals surface area contributed by atoms with E-state index in [-0.39, 0.29) is 25.3 Å². The van der Waals surface area contributed by atoms with Crippen molar-refractivity contribution < 1.29 is 23.9 Å². The summed E-state index contributed by atoms with van der Waals surface area (Å²) in [5, 5.41) is 17.8. The molecule has 0 bridgehead atoms. The molecule has 2 aromatic heterocycles. The smallest absolute Gasteiger partial charge is 0.261 e. The highest BCUT2D eigenvalue weighted by molar-refractivity contribution is 7.12. The maximum atomic E-state index is 13.6. The second kappa shape index (κ2) is 18.2. The number of hydrogen-bond donors (Lipinski definition) is 8. The number of thiophene rings is 1. The molecule has 3 atom stereocenters. The number of nitrogens with two attached hydrogens (primary N) is 4. The summed E-state index contributed by atoms with van der Waals surface area (Å²) in [5.41, 5.74) is 24.5. The molecule has 15 nitrogen and oxygen atoms in total. The summed E-state index contributed by atoms with van der Waals surface area (Å²) in [6.45, 7) is 0.944. The van der Waals surface area contributed by atoms with E-state index in [0.717, 1.165) is 16.5 Å². The van der Waals surface area contributed by atoms with E-state index in [0.29, 0.717) is 48.6 Å². The number of carbonyl (C=O) groups excluding carboxylic acids is 4. The van der Waals surface area contributed by atoms with Crippen LogP contribution >= 0.6 is 11.3 Å². The zero-order valence-corrected chi connectivity index (χ0v) is 27.7. The second-order valence-electron chi connectivity index (χ2n) is 11.3. The summed E-state index contributed by atoms with van der Waals surface area (Å²) in [6, 6.07) is 12.6. The first-order valence-electron chi connectivity index (χ1n) is 15.8. The molecule has 0 aliphatic heterocycles. The maximum absolute atomic E-state index is 13.6. The number of rotatable bonds is 19. The summed E-state index contributed by atoms with van der Waals surface area (Å²) in [4.78, 5) is 56.9. The van der Waals surface area contributed by atoms with Gasteiger partial charge in [-0.25, -0.2) is 0 Å². The Labute approximate surface area is 287 Å². The van der Waals surface area contributed by atoms with Crippen molar-refractivity contribution in [3.8, 4) is 5.75 Å². The molecule has 0 spiro atoms. The predicted molar refractivity (Wildman–Crippen MR) is 187 cm³/mol. The zero-order chi connectivity index (χ0) is 35.2. The van der Waals surface area contributed by atoms with Crippen molar-refractivity contribution in [3.05, 3.63) is 82.2 Å². The van der Waals surface area contributed by atoms with Crippen LogP contribution in [0.2, 0.25) is 0 Å². The number of aliphatic imine (C=N–C) groups is 1. The predicted octanol–water partition coefficient (Wildman–Crippen LogP) is 1.31. The van der Waals surface area contributed by atoms with E-state index in [1.54, 1.807) is 48.0 Å². The highest BCUT2D eigenvalue weighted by Crippen LogP contribution is 2.21. The quantitative estimate of drug-likeness (QED) is 0.0400. The van der Waals surface area contributed by atoms with Gasteiger partial charge in [-0.15, -0.1) is 11.3 Å². The van der Waals surface area contributed by atoms with E-state index in [2.05, 4.69) is 31.1 Å². The Morgan fingerprint density at radius 2 is 1.63 bits per heavy atom. The van der Waals surface area contributed by atoms with Crippen LogP contribution in [-0.4, -0.2) is 65.0 Å².